The van der Waals surface area contributed by atoms with E-state index in [1.807, 2.05) is 0 Å². The lowest BCUT2D eigenvalue weighted by molar-refractivity contribution is 0.0900. The first-order valence-electron chi connectivity index (χ1n) is 10.2. The fraction of sp³-hybridized carbons (Fsp3) is 0.391. The van der Waals surface area contributed by atoms with E-state index in [-0.39, 0.29) is 17.6 Å². The number of nitrogens with zero attached hydrogens (tertiary/aromatic N) is 2. The number of carbonyl (C=O) groups excluding carboxylic acids is 1. The van der Waals surface area contributed by atoms with Crippen molar-refractivity contribution in [2.45, 2.75) is 25.3 Å². The first-order valence-corrected chi connectivity index (χ1v) is 10.2. The first-order chi connectivity index (χ1) is 14.2. The SMILES string of the molecule is COCCNC(=O)c1cc(C2CCCN(Cc3cccc4ccccc34)C2)no1. The molecule has 3 aromatic rings. The average Bonchev–Trinajstić information content (AvgIpc) is 3.25. The minimum Gasteiger partial charge on any atom is -0.383 e. The molecule has 1 saturated heterocycles. The maximum atomic E-state index is 12.1. The summed E-state index contributed by atoms with van der Waals surface area (Å²) in [6, 6.07) is 16.8. The fourth-order valence-electron chi connectivity index (χ4n) is 4.05. The summed E-state index contributed by atoms with van der Waals surface area (Å²) < 4.78 is 10.2. The second kappa shape index (κ2) is 9.20. The predicted octanol–water partition coefficient (Wildman–Crippen LogP) is 3.58. The molecule has 6 heteroatoms. The molecule has 152 valence electrons. The molecule has 0 spiro atoms. The highest BCUT2D eigenvalue weighted by molar-refractivity contribution is 5.91. The van der Waals surface area contributed by atoms with E-state index in [0.29, 0.717) is 13.2 Å². The second-order valence-electron chi connectivity index (χ2n) is 7.58. The number of aromatic nitrogens is 1. The number of hydrogen-bond donors (Lipinski definition) is 1. The molecule has 0 aliphatic carbocycles. The van der Waals surface area contributed by atoms with Crippen LogP contribution in [0.5, 0.6) is 0 Å². The van der Waals surface area contributed by atoms with E-state index >= 15 is 0 Å². The van der Waals surface area contributed by atoms with Crippen LogP contribution in [0.4, 0.5) is 0 Å². The molecule has 2 aromatic carbocycles. The van der Waals surface area contributed by atoms with E-state index in [0.717, 1.165) is 38.2 Å². The van der Waals surface area contributed by atoms with Gasteiger partial charge in [0.25, 0.3) is 5.91 Å². The standard InChI is InChI=1S/C23H27N3O3/c1-28-13-11-24-23(27)22-14-21(25-29-22)19-9-5-12-26(16-19)15-18-8-4-7-17-6-2-3-10-20(17)18/h2-4,6-8,10,14,19H,5,9,11-13,15-16H2,1H3,(H,24,27). The molecule has 1 unspecified atom stereocenters. The van der Waals surface area contributed by atoms with Gasteiger partial charge in [-0.15, -0.1) is 0 Å². The molecule has 1 aliphatic rings. The Balaban J connectivity index is 1.41. The van der Waals surface area contributed by atoms with Crippen LogP contribution in [0.15, 0.2) is 53.1 Å². The van der Waals surface area contributed by atoms with Crippen LogP contribution in [0.2, 0.25) is 0 Å². The van der Waals surface area contributed by atoms with Crippen molar-refractivity contribution in [3.63, 3.8) is 0 Å². The van der Waals surface area contributed by atoms with Crippen molar-refractivity contribution in [3.05, 3.63) is 65.5 Å². The maximum absolute atomic E-state index is 12.1. The quantitative estimate of drug-likeness (QED) is 0.622. The molecular formula is C23H27N3O3. The summed E-state index contributed by atoms with van der Waals surface area (Å²) in [5, 5.41) is 9.54. The summed E-state index contributed by atoms with van der Waals surface area (Å²) in [5.74, 6) is 0.300. The van der Waals surface area contributed by atoms with Crippen LogP contribution in [0.1, 0.15) is 40.6 Å². The van der Waals surface area contributed by atoms with Gasteiger partial charge in [0.2, 0.25) is 5.76 Å². The van der Waals surface area contributed by atoms with Gasteiger partial charge in [0.1, 0.15) is 0 Å². The Hall–Kier alpha value is -2.70. The van der Waals surface area contributed by atoms with E-state index in [2.05, 4.69) is 57.8 Å². The molecule has 0 radical (unpaired) electrons. The van der Waals surface area contributed by atoms with Crippen LogP contribution in [0.25, 0.3) is 10.8 Å². The lowest BCUT2D eigenvalue weighted by atomic mass is 9.94. The third kappa shape index (κ3) is 4.66. The van der Waals surface area contributed by atoms with Gasteiger partial charge in [0, 0.05) is 38.7 Å². The number of likely N-dealkylation sites (tertiary alicyclic amines) is 1. The van der Waals surface area contributed by atoms with Gasteiger partial charge < -0.3 is 14.6 Å². The second-order valence-corrected chi connectivity index (χ2v) is 7.58. The van der Waals surface area contributed by atoms with Crippen LogP contribution in [0, 0.1) is 0 Å². The van der Waals surface area contributed by atoms with Crippen molar-refractivity contribution in [3.8, 4) is 0 Å². The van der Waals surface area contributed by atoms with E-state index in [4.69, 9.17) is 9.26 Å². The summed E-state index contributed by atoms with van der Waals surface area (Å²) in [7, 11) is 1.60. The average molecular weight is 393 g/mol. The monoisotopic (exact) mass is 393 g/mol. The number of fused-ring (bicyclic) bond motifs is 1. The molecule has 1 atom stereocenters. The molecule has 29 heavy (non-hydrogen) atoms. The molecule has 1 aromatic heterocycles. The van der Waals surface area contributed by atoms with Crippen LogP contribution < -0.4 is 5.32 Å². The van der Waals surface area contributed by atoms with E-state index in [1.165, 1.54) is 16.3 Å². The smallest absolute Gasteiger partial charge is 0.289 e. The third-order valence-electron chi connectivity index (χ3n) is 5.54. The van der Waals surface area contributed by atoms with Gasteiger partial charge in [0.15, 0.2) is 0 Å². The van der Waals surface area contributed by atoms with Gasteiger partial charge in [-0.25, -0.2) is 0 Å². The molecule has 4 rings (SSSR count). The number of piperidine rings is 1. The van der Waals surface area contributed by atoms with Gasteiger partial charge in [-0.1, -0.05) is 47.6 Å². The van der Waals surface area contributed by atoms with Crippen molar-refractivity contribution in [2.24, 2.45) is 0 Å². The maximum Gasteiger partial charge on any atom is 0.289 e. The zero-order chi connectivity index (χ0) is 20.1. The molecule has 1 N–H and O–H groups in total. The molecule has 2 heterocycles. The molecule has 0 bridgehead atoms. The van der Waals surface area contributed by atoms with E-state index < -0.39 is 0 Å². The molecule has 6 nitrogen and oxygen atoms in total. The Morgan fingerprint density at radius 3 is 3.03 bits per heavy atom. The first kappa shape index (κ1) is 19.6. The van der Waals surface area contributed by atoms with E-state index in [9.17, 15) is 4.79 Å². The number of carbonyl (C=O) groups is 1. The summed E-state index contributed by atoms with van der Waals surface area (Å²) >= 11 is 0. The number of amides is 1. The minimum atomic E-state index is -0.246. The lowest BCUT2D eigenvalue weighted by Crippen LogP contribution is -2.34. The summed E-state index contributed by atoms with van der Waals surface area (Å²) in [6.45, 7) is 3.83. The van der Waals surface area contributed by atoms with Gasteiger partial charge in [-0.2, -0.15) is 0 Å². The normalized spacial score (nSPS) is 17.5. The number of rotatable bonds is 7. The highest BCUT2D eigenvalue weighted by Crippen LogP contribution is 2.29. The Kier molecular flexibility index (Phi) is 6.22. The van der Waals surface area contributed by atoms with Crippen molar-refractivity contribution in [1.82, 2.24) is 15.4 Å². The Morgan fingerprint density at radius 2 is 2.14 bits per heavy atom. The zero-order valence-corrected chi connectivity index (χ0v) is 16.8. The van der Waals surface area contributed by atoms with Crippen LogP contribution >= 0.6 is 0 Å². The zero-order valence-electron chi connectivity index (χ0n) is 16.8. The van der Waals surface area contributed by atoms with Crippen molar-refractivity contribution >= 4 is 16.7 Å². The minimum absolute atomic E-state index is 0.246. The van der Waals surface area contributed by atoms with Crippen molar-refractivity contribution in [2.75, 3.05) is 33.4 Å². The Labute approximate surface area is 170 Å². The number of benzene rings is 2. The molecule has 1 aliphatic heterocycles. The summed E-state index contributed by atoms with van der Waals surface area (Å²) in [4.78, 5) is 14.6. The summed E-state index contributed by atoms with van der Waals surface area (Å²) in [5.41, 5.74) is 2.21. The number of hydrogen-bond acceptors (Lipinski definition) is 5. The Bertz CT molecular complexity index is 963. The van der Waals surface area contributed by atoms with Gasteiger partial charge >= 0.3 is 0 Å². The molecule has 1 amide bonds. The predicted molar refractivity (Wildman–Crippen MR) is 112 cm³/mol. The number of ether oxygens (including phenoxy) is 1. The molecule has 1 fully saturated rings. The number of nitrogens with one attached hydrogen (secondary N) is 1. The lowest BCUT2D eigenvalue weighted by Gasteiger charge is -2.32. The van der Waals surface area contributed by atoms with Gasteiger partial charge in [0.05, 0.1) is 12.3 Å². The van der Waals surface area contributed by atoms with Crippen LogP contribution in [-0.4, -0.2) is 49.3 Å². The molecule has 0 saturated carbocycles. The highest BCUT2D eigenvalue weighted by Gasteiger charge is 2.25. The van der Waals surface area contributed by atoms with Gasteiger partial charge in [-0.3, -0.25) is 9.69 Å². The van der Waals surface area contributed by atoms with Gasteiger partial charge in [-0.05, 0) is 35.7 Å². The van der Waals surface area contributed by atoms with Crippen LogP contribution in [0.3, 0.4) is 0 Å². The topological polar surface area (TPSA) is 67.6 Å². The number of methoxy groups -OCH3 is 1. The summed E-state index contributed by atoms with van der Waals surface area (Å²) in [6.07, 6.45) is 2.17. The van der Waals surface area contributed by atoms with Crippen molar-refractivity contribution in [1.29, 1.82) is 0 Å². The Morgan fingerprint density at radius 1 is 1.28 bits per heavy atom. The largest absolute Gasteiger partial charge is 0.383 e. The van der Waals surface area contributed by atoms with Crippen LogP contribution in [-0.2, 0) is 11.3 Å². The fourth-order valence-corrected chi connectivity index (χ4v) is 4.05. The molecular weight excluding hydrogens is 366 g/mol. The third-order valence-corrected chi connectivity index (χ3v) is 5.54. The van der Waals surface area contributed by atoms with E-state index in [1.54, 1.807) is 13.2 Å². The van der Waals surface area contributed by atoms with Crippen molar-refractivity contribution < 1.29 is 14.1 Å². The highest BCUT2D eigenvalue weighted by atomic mass is 16.5.